The number of para-hydroxylation sites is 4. The largest absolute Gasteiger partial charge is 0.495 e. The van der Waals surface area contributed by atoms with E-state index in [1.54, 1.807) is 61.4 Å². The van der Waals surface area contributed by atoms with E-state index in [-0.39, 0.29) is 22.9 Å². The van der Waals surface area contributed by atoms with Crippen LogP contribution in [0.2, 0.25) is 0 Å². The van der Waals surface area contributed by atoms with Gasteiger partial charge < -0.3 is 14.5 Å². The molecule has 4 aromatic rings. The van der Waals surface area contributed by atoms with Crippen molar-refractivity contribution in [3.8, 4) is 5.75 Å². The normalized spacial score (nSPS) is 14.2. The number of hydrogen-bond acceptors (Lipinski definition) is 6. The van der Waals surface area contributed by atoms with Crippen molar-refractivity contribution in [3.05, 3.63) is 88.8 Å². The molecule has 1 aliphatic heterocycles. The number of anilines is 1. The molecule has 1 fully saturated rings. The fraction of sp³-hybridized carbons (Fsp3) is 0.259. The molecular weight excluding hydrogens is 492 g/mol. The Morgan fingerprint density at radius 1 is 0.865 bits per heavy atom. The number of ether oxygens (including phenoxy) is 1. The summed E-state index contributed by atoms with van der Waals surface area (Å²) in [7, 11) is -2.54. The van der Waals surface area contributed by atoms with Gasteiger partial charge in [0.2, 0.25) is 5.91 Å². The molecule has 10 heteroatoms. The zero-order chi connectivity index (χ0) is 26.2. The summed E-state index contributed by atoms with van der Waals surface area (Å²) in [5.41, 5.74) is 1.38. The number of aromatic nitrogens is 2. The van der Waals surface area contributed by atoms with E-state index in [2.05, 4.69) is 4.90 Å². The van der Waals surface area contributed by atoms with Crippen molar-refractivity contribution in [2.24, 2.45) is 0 Å². The molecular formula is C27H28N4O5S. The standard InChI is InChI=1S/C27H28N4O5S/c1-20-9-3-8-14-25(20)37(34,35)31-22-11-5-4-10-21(22)30(27(31)33)19-26(32)29-17-15-28(16-18-29)23-12-6-7-13-24(23)36-2/h3-14H,15-19H2,1-2H3. The van der Waals surface area contributed by atoms with Crippen LogP contribution in [-0.4, -0.2) is 61.1 Å². The number of nitrogens with zero attached hydrogens (tertiary/aromatic N) is 4. The first-order valence-corrected chi connectivity index (χ1v) is 13.4. The van der Waals surface area contributed by atoms with Crippen molar-refractivity contribution in [1.29, 1.82) is 0 Å². The summed E-state index contributed by atoms with van der Waals surface area (Å²) < 4.78 is 34.6. The van der Waals surface area contributed by atoms with Gasteiger partial charge >= 0.3 is 5.69 Å². The lowest BCUT2D eigenvalue weighted by Crippen LogP contribution is -2.50. The number of methoxy groups -OCH3 is 1. The van der Waals surface area contributed by atoms with Gasteiger partial charge in [0.15, 0.2) is 0 Å². The third-order valence-electron chi connectivity index (χ3n) is 6.76. The Hall–Kier alpha value is -4.05. The Labute approximate surface area is 215 Å². The average Bonchev–Trinajstić information content (AvgIpc) is 3.20. The number of carbonyl (C=O) groups excluding carboxylic acids is 1. The maximum absolute atomic E-state index is 13.6. The molecule has 0 atom stereocenters. The molecule has 192 valence electrons. The molecule has 2 heterocycles. The number of benzene rings is 3. The summed E-state index contributed by atoms with van der Waals surface area (Å²) in [4.78, 5) is 30.7. The minimum Gasteiger partial charge on any atom is -0.495 e. The van der Waals surface area contributed by atoms with Crippen molar-refractivity contribution < 1.29 is 17.9 Å². The van der Waals surface area contributed by atoms with Crippen LogP contribution in [0.25, 0.3) is 11.0 Å². The number of imidazole rings is 1. The molecule has 5 rings (SSSR count). The van der Waals surface area contributed by atoms with Crippen molar-refractivity contribution in [2.75, 3.05) is 38.2 Å². The van der Waals surface area contributed by atoms with E-state index >= 15 is 0 Å². The first kappa shape index (κ1) is 24.6. The zero-order valence-corrected chi connectivity index (χ0v) is 21.5. The van der Waals surface area contributed by atoms with E-state index in [1.807, 2.05) is 24.3 Å². The van der Waals surface area contributed by atoms with E-state index < -0.39 is 15.7 Å². The van der Waals surface area contributed by atoms with Crippen LogP contribution in [0.4, 0.5) is 5.69 Å². The van der Waals surface area contributed by atoms with Gasteiger partial charge in [-0.15, -0.1) is 0 Å². The first-order chi connectivity index (χ1) is 17.8. The highest BCUT2D eigenvalue weighted by Crippen LogP contribution is 2.28. The maximum atomic E-state index is 13.6. The highest BCUT2D eigenvalue weighted by Gasteiger charge is 2.29. The molecule has 0 aliphatic carbocycles. The number of rotatable bonds is 6. The molecule has 0 radical (unpaired) electrons. The van der Waals surface area contributed by atoms with Crippen molar-refractivity contribution in [2.45, 2.75) is 18.4 Å². The van der Waals surface area contributed by atoms with Crippen LogP contribution in [0.3, 0.4) is 0 Å². The highest BCUT2D eigenvalue weighted by molar-refractivity contribution is 7.90. The van der Waals surface area contributed by atoms with Crippen LogP contribution in [-0.2, 0) is 21.4 Å². The Bertz CT molecular complexity index is 1630. The number of carbonyl (C=O) groups is 1. The molecule has 37 heavy (non-hydrogen) atoms. The van der Waals surface area contributed by atoms with Crippen LogP contribution in [0.5, 0.6) is 5.75 Å². The number of amides is 1. The molecule has 1 saturated heterocycles. The van der Waals surface area contributed by atoms with Crippen LogP contribution in [0.15, 0.2) is 82.5 Å². The second-order valence-corrected chi connectivity index (χ2v) is 10.7. The van der Waals surface area contributed by atoms with Crippen LogP contribution >= 0.6 is 0 Å². The summed E-state index contributed by atoms with van der Waals surface area (Å²) in [5.74, 6) is 0.537. The second-order valence-electron chi connectivity index (χ2n) is 8.93. The smallest absolute Gasteiger partial charge is 0.343 e. The number of piperazine rings is 1. The van der Waals surface area contributed by atoms with Crippen molar-refractivity contribution >= 4 is 32.7 Å². The van der Waals surface area contributed by atoms with E-state index in [0.717, 1.165) is 15.4 Å². The molecule has 9 nitrogen and oxygen atoms in total. The molecule has 3 aromatic carbocycles. The van der Waals surface area contributed by atoms with Crippen molar-refractivity contribution in [3.63, 3.8) is 0 Å². The van der Waals surface area contributed by atoms with Gasteiger partial charge in [0.05, 0.1) is 28.7 Å². The quantitative estimate of drug-likeness (QED) is 0.388. The highest BCUT2D eigenvalue weighted by atomic mass is 32.2. The number of hydrogen-bond donors (Lipinski definition) is 0. The fourth-order valence-corrected chi connectivity index (χ4v) is 6.47. The van der Waals surface area contributed by atoms with Gasteiger partial charge in [0, 0.05) is 26.2 Å². The van der Waals surface area contributed by atoms with Crippen LogP contribution < -0.4 is 15.3 Å². The van der Waals surface area contributed by atoms with Gasteiger partial charge in [-0.25, -0.2) is 13.2 Å². The zero-order valence-electron chi connectivity index (χ0n) is 20.7. The number of aryl methyl sites for hydroxylation is 1. The Kier molecular flexibility index (Phi) is 6.51. The topological polar surface area (TPSA) is 93.8 Å². The van der Waals surface area contributed by atoms with Crippen LogP contribution in [0.1, 0.15) is 5.56 Å². The fourth-order valence-electron chi connectivity index (χ4n) is 4.83. The molecule has 0 N–H and O–H groups in total. The average molecular weight is 521 g/mol. The lowest BCUT2D eigenvalue weighted by Gasteiger charge is -2.36. The van der Waals surface area contributed by atoms with Gasteiger partial charge in [-0.05, 0) is 42.8 Å². The summed E-state index contributed by atoms with van der Waals surface area (Å²) in [6.07, 6.45) is 0. The van der Waals surface area contributed by atoms with E-state index in [9.17, 15) is 18.0 Å². The first-order valence-electron chi connectivity index (χ1n) is 12.0. The molecule has 0 unspecified atom stereocenters. The lowest BCUT2D eigenvalue weighted by atomic mass is 10.2. The minimum atomic E-state index is -4.17. The minimum absolute atomic E-state index is 0.0544. The molecule has 0 saturated carbocycles. The predicted octanol–water partition coefficient (Wildman–Crippen LogP) is 2.71. The monoisotopic (exact) mass is 520 g/mol. The summed E-state index contributed by atoms with van der Waals surface area (Å²) in [6.45, 7) is 3.63. The van der Waals surface area contributed by atoms with E-state index in [1.165, 1.54) is 10.6 Å². The van der Waals surface area contributed by atoms with E-state index in [0.29, 0.717) is 37.3 Å². The summed E-state index contributed by atoms with van der Waals surface area (Å²) in [6, 6.07) is 20.9. The van der Waals surface area contributed by atoms with Gasteiger partial charge in [-0.1, -0.05) is 42.5 Å². The van der Waals surface area contributed by atoms with Crippen molar-refractivity contribution in [1.82, 2.24) is 13.4 Å². The Morgan fingerprint density at radius 2 is 1.49 bits per heavy atom. The Morgan fingerprint density at radius 3 is 2.19 bits per heavy atom. The molecule has 0 bridgehead atoms. The van der Waals surface area contributed by atoms with Gasteiger partial charge in [0.25, 0.3) is 10.0 Å². The van der Waals surface area contributed by atoms with Gasteiger partial charge in [-0.3, -0.25) is 9.36 Å². The Balaban J connectivity index is 1.42. The van der Waals surface area contributed by atoms with Gasteiger partial charge in [-0.2, -0.15) is 3.97 Å². The predicted molar refractivity (Wildman–Crippen MR) is 142 cm³/mol. The lowest BCUT2D eigenvalue weighted by molar-refractivity contribution is -0.132. The SMILES string of the molecule is COc1ccccc1N1CCN(C(=O)Cn2c(=O)n(S(=O)(=O)c3ccccc3C)c3ccccc32)CC1. The molecule has 0 spiro atoms. The molecule has 1 aliphatic rings. The molecule has 1 aromatic heterocycles. The third kappa shape index (κ3) is 4.37. The second kappa shape index (κ2) is 9.78. The van der Waals surface area contributed by atoms with Crippen LogP contribution in [0, 0.1) is 6.92 Å². The van der Waals surface area contributed by atoms with E-state index in [4.69, 9.17) is 4.74 Å². The number of fused-ring (bicyclic) bond motifs is 1. The summed E-state index contributed by atoms with van der Waals surface area (Å²) in [5, 5.41) is 0. The van der Waals surface area contributed by atoms with Gasteiger partial charge in [0.1, 0.15) is 12.3 Å². The summed E-state index contributed by atoms with van der Waals surface area (Å²) >= 11 is 0. The third-order valence-corrected chi connectivity index (χ3v) is 8.61. The maximum Gasteiger partial charge on any atom is 0.343 e. The molecule has 1 amide bonds.